The summed E-state index contributed by atoms with van der Waals surface area (Å²) in [7, 11) is 0. The lowest BCUT2D eigenvalue weighted by atomic mass is 10.1. The van der Waals surface area contributed by atoms with Crippen LogP contribution in [0.15, 0.2) is 42.7 Å². The quantitative estimate of drug-likeness (QED) is 0.554. The average Bonchev–Trinajstić information content (AvgIpc) is 2.48. The first-order valence-corrected chi connectivity index (χ1v) is 6.10. The van der Waals surface area contributed by atoms with E-state index in [1.54, 1.807) is 30.6 Å². The molecule has 0 aliphatic heterocycles. The van der Waals surface area contributed by atoms with Gasteiger partial charge in [0.2, 0.25) is 0 Å². The van der Waals surface area contributed by atoms with Crippen LogP contribution in [-0.2, 0) is 0 Å². The minimum atomic E-state index is -1.50. The highest BCUT2D eigenvalue weighted by molar-refractivity contribution is 5.99. The van der Waals surface area contributed by atoms with Gasteiger partial charge in [-0.25, -0.2) is 13.2 Å². The Morgan fingerprint density at radius 1 is 1.00 bits per heavy atom. The molecular formula is C15H10F3N3. The second-order valence-corrected chi connectivity index (χ2v) is 4.50. The number of fused-ring (bicyclic) bond motifs is 1. The van der Waals surface area contributed by atoms with E-state index in [9.17, 15) is 13.2 Å². The summed E-state index contributed by atoms with van der Waals surface area (Å²) in [6.07, 6.45) is 3.26. The summed E-state index contributed by atoms with van der Waals surface area (Å²) in [6, 6.07) is 6.92. The van der Waals surface area contributed by atoms with E-state index in [1.165, 1.54) is 0 Å². The zero-order valence-electron chi connectivity index (χ0n) is 10.7. The van der Waals surface area contributed by atoms with Gasteiger partial charge in [0.25, 0.3) is 0 Å². The first-order chi connectivity index (χ1) is 10.1. The van der Waals surface area contributed by atoms with E-state index in [0.717, 1.165) is 22.9 Å². The Morgan fingerprint density at radius 3 is 2.43 bits per heavy atom. The number of pyridine rings is 1. The summed E-state index contributed by atoms with van der Waals surface area (Å²) >= 11 is 0. The number of aromatic nitrogens is 1. The fraction of sp³-hybridized carbons (Fsp3) is 0. The largest absolute Gasteiger partial charge is 0.397 e. The van der Waals surface area contributed by atoms with E-state index in [2.05, 4.69) is 10.3 Å². The van der Waals surface area contributed by atoms with Crippen molar-refractivity contribution in [2.45, 2.75) is 0 Å². The number of nitrogens with zero attached hydrogens (tertiary/aromatic N) is 1. The third-order valence-corrected chi connectivity index (χ3v) is 3.12. The molecule has 3 N–H and O–H groups in total. The van der Waals surface area contributed by atoms with E-state index >= 15 is 0 Å². The second kappa shape index (κ2) is 4.97. The molecule has 0 fully saturated rings. The van der Waals surface area contributed by atoms with E-state index in [0.29, 0.717) is 11.4 Å². The molecular weight excluding hydrogens is 279 g/mol. The van der Waals surface area contributed by atoms with E-state index in [1.807, 2.05) is 0 Å². The number of rotatable bonds is 2. The van der Waals surface area contributed by atoms with Crippen LogP contribution in [0.3, 0.4) is 0 Å². The van der Waals surface area contributed by atoms with E-state index < -0.39 is 17.5 Å². The van der Waals surface area contributed by atoms with Crippen molar-refractivity contribution >= 4 is 27.8 Å². The second-order valence-electron chi connectivity index (χ2n) is 4.50. The molecule has 0 unspecified atom stereocenters. The van der Waals surface area contributed by atoms with E-state index in [-0.39, 0.29) is 5.69 Å². The maximum atomic E-state index is 13.2. The zero-order valence-corrected chi connectivity index (χ0v) is 10.7. The fourth-order valence-corrected chi connectivity index (χ4v) is 2.08. The van der Waals surface area contributed by atoms with Crippen LogP contribution in [0.1, 0.15) is 0 Å². The lowest BCUT2D eigenvalue weighted by Gasteiger charge is -2.12. The summed E-state index contributed by atoms with van der Waals surface area (Å²) < 4.78 is 39.3. The van der Waals surface area contributed by atoms with Crippen LogP contribution < -0.4 is 11.1 Å². The number of anilines is 3. The Balaban J connectivity index is 2.04. The van der Waals surface area contributed by atoms with Crippen molar-refractivity contribution in [1.82, 2.24) is 4.98 Å². The molecule has 3 rings (SSSR count). The number of halogens is 3. The molecule has 0 bridgehead atoms. The van der Waals surface area contributed by atoms with Gasteiger partial charge >= 0.3 is 0 Å². The molecule has 21 heavy (non-hydrogen) atoms. The molecule has 0 amide bonds. The van der Waals surface area contributed by atoms with Crippen molar-refractivity contribution < 1.29 is 13.2 Å². The summed E-state index contributed by atoms with van der Waals surface area (Å²) in [4.78, 5) is 3.98. The summed E-state index contributed by atoms with van der Waals surface area (Å²) in [5, 5.41) is 4.39. The highest BCUT2D eigenvalue weighted by Crippen LogP contribution is 2.31. The lowest BCUT2D eigenvalue weighted by Crippen LogP contribution is -2.00. The normalized spacial score (nSPS) is 10.8. The zero-order chi connectivity index (χ0) is 15.0. The van der Waals surface area contributed by atoms with Gasteiger partial charge in [0.1, 0.15) is 0 Å². The van der Waals surface area contributed by atoms with E-state index in [4.69, 9.17) is 5.73 Å². The number of hydrogen-bond acceptors (Lipinski definition) is 3. The standard InChI is InChI=1S/C15H10F3N3/c16-11-5-9(6-12(17)14(11)18)21-13-2-1-8-7-20-4-3-10(8)15(13)19/h1-7,21H,19H2. The summed E-state index contributed by atoms with van der Waals surface area (Å²) in [5.74, 6) is -4.03. The Kier molecular flexibility index (Phi) is 3.13. The molecule has 0 saturated carbocycles. The monoisotopic (exact) mass is 289 g/mol. The minimum Gasteiger partial charge on any atom is -0.397 e. The predicted octanol–water partition coefficient (Wildman–Crippen LogP) is 3.98. The van der Waals surface area contributed by atoms with Gasteiger partial charge in [-0.3, -0.25) is 4.98 Å². The van der Waals surface area contributed by atoms with Crippen molar-refractivity contribution in [1.29, 1.82) is 0 Å². The third-order valence-electron chi connectivity index (χ3n) is 3.12. The molecule has 0 spiro atoms. The van der Waals surface area contributed by atoms with Crippen molar-refractivity contribution in [3.63, 3.8) is 0 Å². The maximum absolute atomic E-state index is 13.2. The molecule has 0 radical (unpaired) electrons. The van der Waals surface area contributed by atoms with Crippen LogP contribution in [0, 0.1) is 17.5 Å². The first kappa shape index (κ1) is 13.2. The maximum Gasteiger partial charge on any atom is 0.194 e. The number of benzene rings is 2. The SMILES string of the molecule is Nc1c(Nc2cc(F)c(F)c(F)c2)ccc2cnccc12. The van der Waals surface area contributed by atoms with Crippen LogP contribution >= 0.6 is 0 Å². The lowest BCUT2D eigenvalue weighted by molar-refractivity contribution is 0.448. The Bertz CT molecular complexity index is 811. The molecule has 1 heterocycles. The van der Waals surface area contributed by atoms with Crippen molar-refractivity contribution in [2.24, 2.45) is 0 Å². The molecule has 1 aromatic heterocycles. The molecule has 0 aliphatic rings. The molecule has 6 heteroatoms. The van der Waals surface area contributed by atoms with Gasteiger partial charge in [-0.15, -0.1) is 0 Å². The Morgan fingerprint density at radius 2 is 1.71 bits per heavy atom. The number of nitrogen functional groups attached to an aromatic ring is 1. The molecule has 3 nitrogen and oxygen atoms in total. The topological polar surface area (TPSA) is 50.9 Å². The molecule has 0 atom stereocenters. The smallest absolute Gasteiger partial charge is 0.194 e. The molecule has 106 valence electrons. The fourth-order valence-electron chi connectivity index (χ4n) is 2.08. The first-order valence-electron chi connectivity index (χ1n) is 6.10. The highest BCUT2D eigenvalue weighted by Gasteiger charge is 2.12. The number of nitrogens with one attached hydrogen (secondary N) is 1. The van der Waals surface area contributed by atoms with Crippen LogP contribution in [0.4, 0.5) is 30.2 Å². The number of hydrogen-bond donors (Lipinski definition) is 2. The molecule has 0 saturated heterocycles. The van der Waals surface area contributed by atoms with Crippen LogP contribution in [0.5, 0.6) is 0 Å². The van der Waals surface area contributed by atoms with Crippen LogP contribution in [-0.4, -0.2) is 4.98 Å². The van der Waals surface area contributed by atoms with Crippen molar-refractivity contribution in [3.8, 4) is 0 Å². The third kappa shape index (κ3) is 2.35. The van der Waals surface area contributed by atoms with Crippen LogP contribution in [0.2, 0.25) is 0 Å². The molecule has 0 aliphatic carbocycles. The van der Waals surface area contributed by atoms with Gasteiger partial charge in [0.05, 0.1) is 11.4 Å². The van der Waals surface area contributed by atoms with Crippen molar-refractivity contribution in [2.75, 3.05) is 11.1 Å². The van der Waals surface area contributed by atoms with Gasteiger partial charge in [-0.05, 0) is 12.1 Å². The van der Waals surface area contributed by atoms with Gasteiger partial charge in [0, 0.05) is 41.0 Å². The van der Waals surface area contributed by atoms with Gasteiger partial charge in [-0.1, -0.05) is 6.07 Å². The number of nitrogens with two attached hydrogens (primary N) is 1. The molecule has 2 aromatic carbocycles. The van der Waals surface area contributed by atoms with Gasteiger partial charge in [-0.2, -0.15) is 0 Å². The van der Waals surface area contributed by atoms with Crippen molar-refractivity contribution in [3.05, 3.63) is 60.2 Å². The predicted molar refractivity (Wildman–Crippen MR) is 75.8 cm³/mol. The highest BCUT2D eigenvalue weighted by atomic mass is 19.2. The summed E-state index contributed by atoms with van der Waals surface area (Å²) in [5.41, 5.74) is 6.98. The average molecular weight is 289 g/mol. The Labute approximate surface area is 118 Å². The van der Waals surface area contributed by atoms with Gasteiger partial charge < -0.3 is 11.1 Å². The summed E-state index contributed by atoms with van der Waals surface area (Å²) in [6.45, 7) is 0. The molecule has 3 aromatic rings. The minimum absolute atomic E-state index is 0.0755. The van der Waals surface area contributed by atoms with Gasteiger partial charge in [0.15, 0.2) is 17.5 Å². The van der Waals surface area contributed by atoms with Crippen LogP contribution in [0.25, 0.3) is 10.8 Å². The Hall–Kier alpha value is -2.76.